The van der Waals surface area contributed by atoms with Crippen molar-refractivity contribution < 1.29 is 5.11 Å². The highest BCUT2D eigenvalue weighted by atomic mass is 35.5. The number of rotatable bonds is 5. The van der Waals surface area contributed by atoms with Gasteiger partial charge in [0.1, 0.15) is 0 Å². The molecular formula is C15H26ClN3O. The highest BCUT2D eigenvalue weighted by Gasteiger charge is 2.32. The Morgan fingerprint density at radius 2 is 2.10 bits per heavy atom. The van der Waals surface area contributed by atoms with E-state index in [-0.39, 0.29) is 0 Å². The number of hydrogen-bond acceptors (Lipinski definition) is 3. The van der Waals surface area contributed by atoms with Crippen LogP contribution in [0.15, 0.2) is 0 Å². The molecule has 0 aliphatic heterocycles. The van der Waals surface area contributed by atoms with Crippen molar-refractivity contribution in [1.29, 1.82) is 0 Å². The largest absolute Gasteiger partial charge is 0.389 e. The van der Waals surface area contributed by atoms with Gasteiger partial charge in [-0.3, -0.25) is 4.68 Å². The Hall–Kier alpha value is -0.580. The molecule has 2 rings (SSSR count). The van der Waals surface area contributed by atoms with Crippen molar-refractivity contribution in [2.24, 2.45) is 13.0 Å². The van der Waals surface area contributed by atoms with E-state index in [1.54, 1.807) is 0 Å². The van der Waals surface area contributed by atoms with Gasteiger partial charge < -0.3 is 10.4 Å². The number of aliphatic hydroxyl groups is 1. The average molecular weight is 300 g/mol. The molecule has 0 unspecified atom stereocenters. The van der Waals surface area contributed by atoms with Gasteiger partial charge >= 0.3 is 0 Å². The predicted octanol–water partition coefficient (Wildman–Crippen LogP) is 2.80. The molecule has 0 amide bonds. The maximum atomic E-state index is 10.6. The standard InChI is InChI=1S/C15H26ClN3O/c1-4-12-5-7-15(20,8-6-12)10-17-9-13-14(16)11(2)18-19(13)3/h12,17,20H,4-10H2,1-3H3. The van der Waals surface area contributed by atoms with E-state index in [9.17, 15) is 5.11 Å². The lowest BCUT2D eigenvalue weighted by Crippen LogP contribution is -2.43. The molecular weight excluding hydrogens is 274 g/mol. The van der Waals surface area contributed by atoms with Gasteiger partial charge in [-0.15, -0.1) is 0 Å². The van der Waals surface area contributed by atoms with Gasteiger partial charge in [-0.05, 0) is 38.5 Å². The van der Waals surface area contributed by atoms with Crippen LogP contribution in [0.3, 0.4) is 0 Å². The SMILES string of the molecule is CCC1CCC(O)(CNCc2c(Cl)c(C)nn2C)CC1. The van der Waals surface area contributed by atoms with Gasteiger partial charge in [0, 0.05) is 20.1 Å². The lowest BCUT2D eigenvalue weighted by Gasteiger charge is -2.36. The van der Waals surface area contributed by atoms with E-state index >= 15 is 0 Å². The summed E-state index contributed by atoms with van der Waals surface area (Å²) in [7, 11) is 1.90. The van der Waals surface area contributed by atoms with Crippen molar-refractivity contribution in [3.63, 3.8) is 0 Å². The van der Waals surface area contributed by atoms with Gasteiger partial charge in [-0.25, -0.2) is 0 Å². The molecule has 20 heavy (non-hydrogen) atoms. The van der Waals surface area contributed by atoms with Crippen LogP contribution in [0.4, 0.5) is 0 Å². The molecule has 0 spiro atoms. The number of hydrogen-bond donors (Lipinski definition) is 2. The van der Waals surface area contributed by atoms with Crippen LogP contribution in [0.1, 0.15) is 50.4 Å². The van der Waals surface area contributed by atoms with Crippen molar-refractivity contribution in [2.45, 2.75) is 58.1 Å². The van der Waals surface area contributed by atoms with Crippen molar-refractivity contribution in [1.82, 2.24) is 15.1 Å². The summed E-state index contributed by atoms with van der Waals surface area (Å²) in [5.74, 6) is 0.796. The van der Waals surface area contributed by atoms with Gasteiger partial charge in [0.2, 0.25) is 0 Å². The average Bonchev–Trinajstić information content (AvgIpc) is 2.66. The number of aryl methyl sites for hydroxylation is 2. The number of nitrogens with one attached hydrogen (secondary N) is 1. The fourth-order valence-electron chi connectivity index (χ4n) is 3.09. The zero-order valence-corrected chi connectivity index (χ0v) is 13.5. The summed E-state index contributed by atoms with van der Waals surface area (Å²) >= 11 is 6.22. The van der Waals surface area contributed by atoms with Crippen LogP contribution < -0.4 is 5.32 Å². The summed E-state index contributed by atoms with van der Waals surface area (Å²) in [6.45, 7) is 5.42. The summed E-state index contributed by atoms with van der Waals surface area (Å²) in [6, 6.07) is 0. The summed E-state index contributed by atoms with van der Waals surface area (Å²) in [5, 5.41) is 19.0. The first-order valence-corrected chi connectivity index (χ1v) is 7.94. The first kappa shape index (κ1) is 15.8. The molecule has 1 heterocycles. The van der Waals surface area contributed by atoms with E-state index in [2.05, 4.69) is 17.3 Å². The summed E-state index contributed by atoms with van der Waals surface area (Å²) < 4.78 is 1.81. The monoisotopic (exact) mass is 299 g/mol. The predicted molar refractivity (Wildman–Crippen MR) is 81.9 cm³/mol. The topological polar surface area (TPSA) is 50.1 Å². The second-order valence-electron chi connectivity index (χ2n) is 6.15. The van der Waals surface area contributed by atoms with Crippen LogP contribution in [-0.2, 0) is 13.6 Å². The molecule has 0 saturated heterocycles. The molecule has 2 N–H and O–H groups in total. The van der Waals surface area contributed by atoms with E-state index in [0.29, 0.717) is 13.1 Å². The van der Waals surface area contributed by atoms with Crippen LogP contribution in [0.25, 0.3) is 0 Å². The smallest absolute Gasteiger partial charge is 0.0860 e. The minimum atomic E-state index is -0.550. The maximum Gasteiger partial charge on any atom is 0.0860 e. The summed E-state index contributed by atoms with van der Waals surface area (Å²) in [5.41, 5.74) is 1.29. The van der Waals surface area contributed by atoms with E-state index < -0.39 is 5.60 Å². The zero-order valence-electron chi connectivity index (χ0n) is 12.7. The van der Waals surface area contributed by atoms with E-state index in [1.165, 1.54) is 6.42 Å². The van der Waals surface area contributed by atoms with Crippen molar-refractivity contribution in [2.75, 3.05) is 6.54 Å². The van der Waals surface area contributed by atoms with Crippen LogP contribution in [0.5, 0.6) is 0 Å². The van der Waals surface area contributed by atoms with Crippen molar-refractivity contribution in [3.8, 4) is 0 Å². The molecule has 1 saturated carbocycles. The molecule has 5 heteroatoms. The Bertz CT molecular complexity index is 450. The highest BCUT2D eigenvalue weighted by molar-refractivity contribution is 6.31. The minimum Gasteiger partial charge on any atom is -0.389 e. The van der Waals surface area contributed by atoms with Crippen LogP contribution in [-0.4, -0.2) is 27.0 Å². The van der Waals surface area contributed by atoms with Gasteiger partial charge in [-0.2, -0.15) is 5.10 Å². The molecule has 4 nitrogen and oxygen atoms in total. The third-order valence-corrected chi connectivity index (χ3v) is 5.11. The van der Waals surface area contributed by atoms with Gasteiger partial charge in [0.15, 0.2) is 0 Å². The number of halogens is 1. The van der Waals surface area contributed by atoms with Gasteiger partial charge in [-0.1, -0.05) is 24.9 Å². The summed E-state index contributed by atoms with van der Waals surface area (Å²) in [6.07, 6.45) is 5.31. The molecule has 1 fully saturated rings. The molecule has 0 aromatic carbocycles. The maximum absolute atomic E-state index is 10.6. The second kappa shape index (κ2) is 6.46. The number of aromatic nitrogens is 2. The lowest BCUT2D eigenvalue weighted by molar-refractivity contribution is -0.00891. The Balaban J connectivity index is 1.84. The van der Waals surface area contributed by atoms with Gasteiger partial charge in [0.05, 0.1) is 22.0 Å². The summed E-state index contributed by atoms with van der Waals surface area (Å²) in [4.78, 5) is 0. The quantitative estimate of drug-likeness (QED) is 0.879. The lowest BCUT2D eigenvalue weighted by atomic mass is 9.78. The molecule has 1 aromatic heterocycles. The van der Waals surface area contributed by atoms with E-state index in [4.69, 9.17) is 11.6 Å². The fraction of sp³-hybridized carbons (Fsp3) is 0.800. The fourth-order valence-corrected chi connectivity index (χ4v) is 3.31. The molecule has 1 aromatic rings. The van der Waals surface area contributed by atoms with E-state index in [0.717, 1.165) is 48.0 Å². The molecule has 114 valence electrons. The minimum absolute atomic E-state index is 0.550. The Labute approximate surface area is 126 Å². The first-order chi connectivity index (χ1) is 9.45. The second-order valence-corrected chi connectivity index (χ2v) is 6.53. The van der Waals surface area contributed by atoms with E-state index in [1.807, 2.05) is 18.7 Å². The molecule has 1 aliphatic carbocycles. The molecule has 0 bridgehead atoms. The normalized spacial score (nSPS) is 26.9. The zero-order chi connectivity index (χ0) is 14.8. The molecule has 0 atom stereocenters. The Kier molecular flexibility index (Phi) is 5.10. The Morgan fingerprint density at radius 3 is 2.60 bits per heavy atom. The van der Waals surface area contributed by atoms with Crippen LogP contribution >= 0.6 is 11.6 Å². The van der Waals surface area contributed by atoms with Crippen molar-refractivity contribution >= 4 is 11.6 Å². The molecule has 1 aliphatic rings. The third-order valence-electron chi connectivity index (χ3n) is 4.62. The first-order valence-electron chi connectivity index (χ1n) is 7.56. The van der Waals surface area contributed by atoms with Crippen molar-refractivity contribution in [3.05, 3.63) is 16.4 Å². The highest BCUT2D eigenvalue weighted by Crippen LogP contribution is 2.33. The van der Waals surface area contributed by atoms with Crippen LogP contribution in [0.2, 0.25) is 5.02 Å². The third kappa shape index (κ3) is 3.54. The van der Waals surface area contributed by atoms with Crippen LogP contribution in [0, 0.1) is 12.8 Å². The number of nitrogens with zero attached hydrogens (tertiary/aromatic N) is 2. The van der Waals surface area contributed by atoms with Gasteiger partial charge in [0.25, 0.3) is 0 Å². The Morgan fingerprint density at radius 1 is 1.45 bits per heavy atom. The molecule has 0 radical (unpaired) electrons.